The Morgan fingerprint density at radius 2 is 2.13 bits per heavy atom. The molecule has 0 fully saturated rings. The van der Waals surface area contributed by atoms with Crippen LogP contribution in [0.1, 0.15) is 24.6 Å². The number of fused-ring (bicyclic) bond motifs is 1. The lowest BCUT2D eigenvalue weighted by Crippen LogP contribution is -2.15. The first-order chi connectivity index (χ1) is 11.1. The molecule has 2 aromatic heterocycles. The van der Waals surface area contributed by atoms with Crippen molar-refractivity contribution >= 4 is 34.9 Å². The first-order valence-electron chi connectivity index (χ1n) is 7.24. The lowest BCUT2D eigenvalue weighted by atomic mass is 10.2. The minimum Gasteiger partial charge on any atom is -0.350 e. The zero-order chi connectivity index (χ0) is 16.4. The summed E-state index contributed by atoms with van der Waals surface area (Å²) in [5.41, 5.74) is 1.40. The Balaban J connectivity index is 1.85. The van der Waals surface area contributed by atoms with Crippen LogP contribution in [0.25, 0.3) is 5.78 Å². The summed E-state index contributed by atoms with van der Waals surface area (Å²) in [6, 6.07) is 6.94. The number of hydrogen-bond donors (Lipinski definition) is 2. The number of nitrogens with zero attached hydrogens (tertiary/aromatic N) is 3. The van der Waals surface area contributed by atoms with Crippen LogP contribution in [0.5, 0.6) is 0 Å². The van der Waals surface area contributed by atoms with Crippen molar-refractivity contribution in [3.8, 4) is 0 Å². The Bertz CT molecular complexity index is 903. The van der Waals surface area contributed by atoms with Crippen LogP contribution in [-0.4, -0.2) is 19.6 Å². The van der Waals surface area contributed by atoms with Crippen LogP contribution in [0.4, 0.5) is 5.95 Å². The summed E-state index contributed by atoms with van der Waals surface area (Å²) in [6.45, 7) is 2.46. The van der Waals surface area contributed by atoms with Crippen LogP contribution in [0, 0.1) is 0 Å². The Labute approximate surface area is 142 Å². The van der Waals surface area contributed by atoms with Crippen molar-refractivity contribution in [3.05, 3.63) is 55.9 Å². The molecule has 2 N–H and O–H groups in total. The maximum Gasteiger partial charge on any atom is 0.274 e. The summed E-state index contributed by atoms with van der Waals surface area (Å²) in [5, 5.41) is 6.96. The fourth-order valence-electron chi connectivity index (χ4n) is 2.25. The van der Waals surface area contributed by atoms with E-state index in [2.05, 4.69) is 20.4 Å². The molecule has 23 heavy (non-hydrogen) atoms. The van der Waals surface area contributed by atoms with Crippen molar-refractivity contribution in [1.82, 2.24) is 19.6 Å². The van der Waals surface area contributed by atoms with E-state index in [-0.39, 0.29) is 5.56 Å². The maximum atomic E-state index is 12.0. The molecule has 0 saturated carbocycles. The van der Waals surface area contributed by atoms with Gasteiger partial charge >= 0.3 is 0 Å². The second kappa shape index (κ2) is 6.60. The van der Waals surface area contributed by atoms with E-state index in [1.807, 2.05) is 19.1 Å². The monoisotopic (exact) mass is 351 g/mol. The molecule has 2 heterocycles. The Hall–Kier alpha value is -2.05. The third kappa shape index (κ3) is 3.33. The molecule has 3 aromatic rings. The highest BCUT2D eigenvalue weighted by Crippen LogP contribution is 2.25. The van der Waals surface area contributed by atoms with Crippen LogP contribution < -0.4 is 10.9 Å². The lowest BCUT2D eigenvalue weighted by molar-refractivity contribution is 0.837. The summed E-state index contributed by atoms with van der Waals surface area (Å²) >= 11 is 12.1. The highest BCUT2D eigenvalue weighted by atomic mass is 35.5. The molecule has 0 unspecified atom stereocenters. The molecule has 8 heteroatoms. The number of aryl methyl sites for hydroxylation is 1. The molecule has 0 aliphatic carbocycles. The van der Waals surface area contributed by atoms with Gasteiger partial charge in [-0.25, -0.2) is 4.98 Å². The molecule has 3 rings (SSSR count). The summed E-state index contributed by atoms with van der Waals surface area (Å²) in [5.74, 6) is 0.792. The number of H-pyrrole nitrogens is 1. The van der Waals surface area contributed by atoms with E-state index < -0.39 is 0 Å². The van der Waals surface area contributed by atoms with E-state index in [4.69, 9.17) is 23.2 Å². The van der Waals surface area contributed by atoms with Gasteiger partial charge in [0.1, 0.15) is 0 Å². The fraction of sp³-hybridized carbons (Fsp3) is 0.267. The van der Waals surface area contributed by atoms with Crippen LogP contribution in [0.2, 0.25) is 10.0 Å². The van der Waals surface area contributed by atoms with Gasteiger partial charge in [-0.1, -0.05) is 48.7 Å². The van der Waals surface area contributed by atoms with Gasteiger partial charge in [-0.15, -0.1) is 0 Å². The quantitative estimate of drug-likeness (QED) is 0.739. The SMILES string of the molecule is CCCc1cc(=O)n2[nH]c(NCc3cccc(Cl)c3Cl)nc2n1. The predicted molar refractivity (Wildman–Crippen MR) is 91.4 cm³/mol. The molecular weight excluding hydrogens is 337 g/mol. The largest absolute Gasteiger partial charge is 0.350 e. The molecule has 1 aromatic carbocycles. The van der Waals surface area contributed by atoms with Gasteiger partial charge in [0.15, 0.2) is 0 Å². The van der Waals surface area contributed by atoms with Gasteiger partial charge in [-0.2, -0.15) is 9.50 Å². The van der Waals surface area contributed by atoms with E-state index in [0.717, 1.165) is 24.1 Å². The number of aromatic nitrogens is 4. The highest BCUT2D eigenvalue weighted by Gasteiger charge is 2.09. The van der Waals surface area contributed by atoms with Gasteiger partial charge in [-0.3, -0.25) is 9.89 Å². The average molecular weight is 352 g/mol. The number of nitrogens with one attached hydrogen (secondary N) is 2. The van der Waals surface area contributed by atoms with Crippen molar-refractivity contribution in [1.29, 1.82) is 0 Å². The molecule has 0 amide bonds. The standard InChI is InChI=1S/C15H15Cl2N5O/c1-2-4-10-7-12(23)22-15(19-10)20-14(21-22)18-8-9-5-3-6-11(16)13(9)17/h3,5-7H,2,4,8H2,1H3,(H2,18,19,20,21). The number of aromatic amines is 1. The normalized spacial score (nSPS) is 11.1. The van der Waals surface area contributed by atoms with Crippen LogP contribution in [0.3, 0.4) is 0 Å². The molecule has 0 spiro atoms. The summed E-state index contributed by atoms with van der Waals surface area (Å²) in [6.07, 6.45) is 1.67. The number of hydrogen-bond acceptors (Lipinski definition) is 4. The number of anilines is 1. The van der Waals surface area contributed by atoms with E-state index in [0.29, 0.717) is 28.3 Å². The summed E-state index contributed by atoms with van der Waals surface area (Å²) in [7, 11) is 0. The van der Waals surface area contributed by atoms with Gasteiger partial charge in [0, 0.05) is 12.6 Å². The summed E-state index contributed by atoms with van der Waals surface area (Å²) < 4.78 is 1.31. The second-order valence-electron chi connectivity index (χ2n) is 5.11. The lowest BCUT2D eigenvalue weighted by Gasteiger charge is -2.06. The first kappa shape index (κ1) is 15.8. The Morgan fingerprint density at radius 3 is 2.91 bits per heavy atom. The van der Waals surface area contributed by atoms with Crippen molar-refractivity contribution in [3.63, 3.8) is 0 Å². The van der Waals surface area contributed by atoms with E-state index >= 15 is 0 Å². The number of halogens is 2. The van der Waals surface area contributed by atoms with E-state index in [1.165, 1.54) is 10.6 Å². The van der Waals surface area contributed by atoms with Gasteiger partial charge in [0.05, 0.1) is 15.7 Å². The molecule has 0 radical (unpaired) electrons. The Morgan fingerprint density at radius 1 is 1.30 bits per heavy atom. The van der Waals surface area contributed by atoms with Crippen LogP contribution in [0.15, 0.2) is 29.1 Å². The molecule has 6 nitrogen and oxygen atoms in total. The Kier molecular flexibility index (Phi) is 4.54. The second-order valence-corrected chi connectivity index (χ2v) is 5.89. The fourth-order valence-corrected chi connectivity index (χ4v) is 2.64. The highest BCUT2D eigenvalue weighted by molar-refractivity contribution is 6.42. The number of benzene rings is 1. The van der Waals surface area contributed by atoms with Crippen molar-refractivity contribution in [2.45, 2.75) is 26.3 Å². The molecule has 0 atom stereocenters. The van der Waals surface area contributed by atoms with Gasteiger partial charge in [0.2, 0.25) is 5.95 Å². The average Bonchev–Trinajstić information content (AvgIpc) is 2.93. The van der Waals surface area contributed by atoms with Gasteiger partial charge in [-0.05, 0) is 18.1 Å². The third-order valence-electron chi connectivity index (χ3n) is 3.37. The van der Waals surface area contributed by atoms with Crippen LogP contribution >= 0.6 is 23.2 Å². The van der Waals surface area contributed by atoms with Crippen molar-refractivity contribution in [2.75, 3.05) is 5.32 Å². The minimum atomic E-state index is -0.181. The van der Waals surface area contributed by atoms with Crippen LogP contribution in [-0.2, 0) is 13.0 Å². The maximum absolute atomic E-state index is 12.0. The topological polar surface area (TPSA) is 75.1 Å². The zero-order valence-corrected chi connectivity index (χ0v) is 13.9. The molecular formula is C15H15Cl2N5O. The van der Waals surface area contributed by atoms with Gasteiger partial charge in [0.25, 0.3) is 11.3 Å². The molecule has 0 bridgehead atoms. The molecule has 0 saturated heterocycles. The van der Waals surface area contributed by atoms with Crippen molar-refractivity contribution < 1.29 is 0 Å². The first-order valence-corrected chi connectivity index (χ1v) is 7.99. The van der Waals surface area contributed by atoms with E-state index in [9.17, 15) is 4.79 Å². The molecule has 0 aliphatic heterocycles. The minimum absolute atomic E-state index is 0.181. The predicted octanol–water partition coefficient (Wildman–Crippen LogP) is 3.29. The number of rotatable bonds is 5. The van der Waals surface area contributed by atoms with Gasteiger partial charge < -0.3 is 5.32 Å². The molecule has 0 aliphatic rings. The third-order valence-corrected chi connectivity index (χ3v) is 4.23. The summed E-state index contributed by atoms with van der Waals surface area (Å²) in [4.78, 5) is 20.7. The van der Waals surface area contributed by atoms with E-state index in [1.54, 1.807) is 6.07 Å². The molecule has 120 valence electrons. The van der Waals surface area contributed by atoms with Crippen molar-refractivity contribution in [2.24, 2.45) is 0 Å². The smallest absolute Gasteiger partial charge is 0.274 e. The zero-order valence-electron chi connectivity index (χ0n) is 12.4.